The molecule has 0 rings (SSSR count). The van der Waals surface area contributed by atoms with Crippen molar-refractivity contribution in [1.29, 1.82) is 0 Å². The van der Waals surface area contributed by atoms with E-state index < -0.39 is 5.97 Å². The van der Waals surface area contributed by atoms with Gasteiger partial charge < -0.3 is 10.4 Å². The average molecular weight is 169 g/mol. The number of nitrogens with one attached hydrogen (secondary N) is 1. The number of aliphatic carboxylic acids is 1. The van der Waals surface area contributed by atoms with Crippen LogP contribution < -0.4 is 5.32 Å². The number of carbonyl (C=O) groups excluding carboxylic acids is 1. The topological polar surface area (TPSA) is 66.4 Å². The third kappa shape index (κ3) is 4.27. The van der Waals surface area contributed by atoms with E-state index in [9.17, 15) is 9.59 Å². The lowest BCUT2D eigenvalue weighted by Crippen LogP contribution is -2.25. The fourth-order valence-corrected chi connectivity index (χ4v) is 0.517. The zero-order valence-corrected chi connectivity index (χ0v) is 6.67. The number of rotatable bonds is 5. The lowest BCUT2D eigenvalue weighted by molar-refractivity contribution is -0.134. The first-order valence-corrected chi connectivity index (χ1v) is 3.41. The van der Waals surface area contributed by atoms with Crippen molar-refractivity contribution in [1.82, 2.24) is 5.32 Å². The maximum Gasteiger partial charge on any atom is 0.351 e. The Kier molecular flexibility index (Phi) is 4.45. The molecular weight excluding hydrogens is 158 g/mol. The van der Waals surface area contributed by atoms with Crippen molar-refractivity contribution in [2.45, 2.75) is 12.8 Å². The number of hydrogen-bond acceptors (Lipinski definition) is 2. The number of amides is 1. The average Bonchev–Trinajstić information content (AvgIpc) is 2.00. The SMILES string of the molecule is C=CCCC(=O)NC(=C)C(=O)O. The van der Waals surface area contributed by atoms with Crippen molar-refractivity contribution in [3.63, 3.8) is 0 Å². The monoisotopic (exact) mass is 169 g/mol. The summed E-state index contributed by atoms with van der Waals surface area (Å²) in [6.45, 7) is 6.57. The van der Waals surface area contributed by atoms with E-state index in [1.54, 1.807) is 6.08 Å². The van der Waals surface area contributed by atoms with Gasteiger partial charge in [0.25, 0.3) is 0 Å². The molecule has 4 nitrogen and oxygen atoms in total. The Morgan fingerprint density at radius 1 is 1.50 bits per heavy atom. The molecule has 0 aromatic carbocycles. The molecule has 0 heterocycles. The van der Waals surface area contributed by atoms with Crippen molar-refractivity contribution in [2.24, 2.45) is 0 Å². The number of carbonyl (C=O) groups is 2. The molecule has 2 N–H and O–H groups in total. The minimum absolute atomic E-state index is 0.232. The Morgan fingerprint density at radius 2 is 2.08 bits per heavy atom. The molecule has 0 aromatic heterocycles. The Balaban J connectivity index is 3.76. The second-order valence-corrected chi connectivity index (χ2v) is 2.16. The highest BCUT2D eigenvalue weighted by Gasteiger charge is 2.06. The Hall–Kier alpha value is -1.58. The molecule has 0 aliphatic rings. The lowest BCUT2D eigenvalue weighted by Gasteiger charge is -2.01. The van der Waals surface area contributed by atoms with Crippen LogP contribution in [-0.4, -0.2) is 17.0 Å². The summed E-state index contributed by atoms with van der Waals surface area (Å²) in [5.74, 6) is -1.58. The van der Waals surface area contributed by atoms with E-state index in [1.807, 2.05) is 0 Å². The van der Waals surface area contributed by atoms with Crippen LogP contribution in [0.1, 0.15) is 12.8 Å². The summed E-state index contributed by atoms with van der Waals surface area (Å²) >= 11 is 0. The minimum Gasteiger partial charge on any atom is -0.477 e. The third-order valence-electron chi connectivity index (χ3n) is 1.12. The molecule has 0 spiro atoms. The fraction of sp³-hybridized carbons (Fsp3) is 0.250. The van der Waals surface area contributed by atoms with Gasteiger partial charge in [0.2, 0.25) is 5.91 Å². The Morgan fingerprint density at radius 3 is 2.50 bits per heavy atom. The zero-order chi connectivity index (χ0) is 9.56. The van der Waals surface area contributed by atoms with Crippen LogP contribution in [0.15, 0.2) is 24.9 Å². The molecule has 0 aromatic rings. The van der Waals surface area contributed by atoms with E-state index in [-0.39, 0.29) is 18.0 Å². The second kappa shape index (κ2) is 5.12. The second-order valence-electron chi connectivity index (χ2n) is 2.16. The molecular formula is C8H11NO3. The van der Waals surface area contributed by atoms with E-state index in [0.717, 1.165) is 0 Å². The van der Waals surface area contributed by atoms with Gasteiger partial charge >= 0.3 is 5.97 Å². The molecule has 0 radical (unpaired) electrons. The smallest absolute Gasteiger partial charge is 0.351 e. The highest BCUT2D eigenvalue weighted by molar-refractivity contribution is 5.91. The van der Waals surface area contributed by atoms with Crippen molar-refractivity contribution < 1.29 is 14.7 Å². The lowest BCUT2D eigenvalue weighted by atomic mass is 10.3. The van der Waals surface area contributed by atoms with Crippen LogP contribution in [-0.2, 0) is 9.59 Å². The van der Waals surface area contributed by atoms with Crippen LogP contribution in [0, 0.1) is 0 Å². The molecule has 0 saturated carbocycles. The first-order valence-electron chi connectivity index (χ1n) is 3.41. The quantitative estimate of drug-likeness (QED) is 0.469. The minimum atomic E-state index is -1.22. The molecule has 0 saturated heterocycles. The number of allylic oxidation sites excluding steroid dienone is 1. The van der Waals surface area contributed by atoms with Crippen LogP contribution >= 0.6 is 0 Å². The molecule has 0 aliphatic heterocycles. The van der Waals surface area contributed by atoms with Crippen LogP contribution in [0.4, 0.5) is 0 Å². The maximum absolute atomic E-state index is 10.8. The van der Waals surface area contributed by atoms with Gasteiger partial charge in [-0.2, -0.15) is 0 Å². The summed E-state index contributed by atoms with van der Waals surface area (Å²) in [6, 6.07) is 0. The van der Waals surface area contributed by atoms with E-state index in [1.165, 1.54) is 0 Å². The van der Waals surface area contributed by atoms with E-state index in [4.69, 9.17) is 5.11 Å². The van der Waals surface area contributed by atoms with Gasteiger partial charge in [0.15, 0.2) is 0 Å². The summed E-state index contributed by atoms with van der Waals surface area (Å²) in [7, 11) is 0. The predicted octanol–water partition coefficient (Wildman–Crippen LogP) is 0.667. The molecule has 0 unspecified atom stereocenters. The van der Waals surface area contributed by atoms with E-state index in [0.29, 0.717) is 6.42 Å². The summed E-state index contributed by atoms with van der Waals surface area (Å²) in [6.07, 6.45) is 2.34. The van der Waals surface area contributed by atoms with Gasteiger partial charge in [-0.1, -0.05) is 12.7 Å². The van der Waals surface area contributed by atoms with Gasteiger partial charge in [0.1, 0.15) is 5.70 Å². The number of carboxylic acid groups (broad SMARTS) is 1. The molecule has 0 fully saturated rings. The molecule has 0 atom stereocenters. The molecule has 12 heavy (non-hydrogen) atoms. The van der Waals surface area contributed by atoms with Gasteiger partial charge in [0.05, 0.1) is 0 Å². The Labute approximate surface area is 70.6 Å². The van der Waals surface area contributed by atoms with Crippen LogP contribution in [0.25, 0.3) is 0 Å². The summed E-state index contributed by atoms with van der Waals surface area (Å²) in [4.78, 5) is 21.0. The van der Waals surface area contributed by atoms with Crippen molar-refractivity contribution in [3.05, 3.63) is 24.9 Å². The van der Waals surface area contributed by atoms with Crippen molar-refractivity contribution >= 4 is 11.9 Å². The zero-order valence-electron chi connectivity index (χ0n) is 6.67. The first kappa shape index (κ1) is 10.4. The van der Waals surface area contributed by atoms with Crippen molar-refractivity contribution in [2.75, 3.05) is 0 Å². The van der Waals surface area contributed by atoms with Gasteiger partial charge in [0, 0.05) is 6.42 Å². The number of hydrogen-bond donors (Lipinski definition) is 2. The fourth-order valence-electron chi connectivity index (χ4n) is 0.517. The highest BCUT2D eigenvalue weighted by Crippen LogP contribution is 1.91. The highest BCUT2D eigenvalue weighted by atomic mass is 16.4. The van der Waals surface area contributed by atoms with E-state index in [2.05, 4.69) is 18.5 Å². The molecule has 0 bridgehead atoms. The Bertz CT molecular complexity index is 220. The molecule has 4 heteroatoms. The summed E-state index contributed by atoms with van der Waals surface area (Å²) in [5.41, 5.74) is -0.302. The van der Waals surface area contributed by atoms with Gasteiger partial charge in [-0.3, -0.25) is 4.79 Å². The summed E-state index contributed by atoms with van der Waals surface area (Å²) < 4.78 is 0. The largest absolute Gasteiger partial charge is 0.477 e. The van der Waals surface area contributed by atoms with Gasteiger partial charge in [-0.15, -0.1) is 6.58 Å². The van der Waals surface area contributed by atoms with Crippen LogP contribution in [0.3, 0.4) is 0 Å². The van der Waals surface area contributed by atoms with Crippen LogP contribution in [0.5, 0.6) is 0 Å². The van der Waals surface area contributed by atoms with Gasteiger partial charge in [-0.05, 0) is 6.42 Å². The standard InChI is InChI=1S/C8H11NO3/c1-3-4-5-7(10)9-6(2)8(11)12/h3H,1-2,4-5H2,(H,9,10)(H,11,12). The third-order valence-corrected chi connectivity index (χ3v) is 1.12. The number of carboxylic acids is 1. The normalized spacial score (nSPS) is 8.67. The molecule has 0 aliphatic carbocycles. The predicted molar refractivity (Wildman–Crippen MR) is 44.3 cm³/mol. The van der Waals surface area contributed by atoms with Crippen molar-refractivity contribution in [3.8, 4) is 0 Å². The van der Waals surface area contributed by atoms with Crippen LogP contribution in [0.2, 0.25) is 0 Å². The maximum atomic E-state index is 10.8. The van der Waals surface area contributed by atoms with Gasteiger partial charge in [-0.25, -0.2) is 4.79 Å². The first-order chi connectivity index (χ1) is 5.57. The van der Waals surface area contributed by atoms with E-state index >= 15 is 0 Å². The molecule has 1 amide bonds. The summed E-state index contributed by atoms with van der Waals surface area (Å²) in [5, 5.41) is 10.5. The molecule has 66 valence electrons.